The molecule has 1 unspecified atom stereocenters. The van der Waals surface area contributed by atoms with Gasteiger partial charge in [-0.15, -0.1) is 0 Å². The van der Waals surface area contributed by atoms with Crippen LogP contribution in [0.1, 0.15) is 40.5 Å². The molecule has 0 aromatic rings. The maximum atomic E-state index is 4.32. The third-order valence-corrected chi connectivity index (χ3v) is 5.36. The molecule has 0 aliphatic rings. The highest BCUT2D eigenvalue weighted by Gasteiger charge is 2.26. The molecule has 0 aromatic heterocycles. The average molecular weight is 220 g/mol. The molecule has 0 heterocycles. The van der Waals surface area contributed by atoms with E-state index in [0.29, 0.717) is 4.75 Å². The van der Waals surface area contributed by atoms with E-state index in [-0.39, 0.29) is 0 Å². The van der Waals surface area contributed by atoms with Crippen LogP contribution in [-0.4, -0.2) is 16.8 Å². The minimum atomic E-state index is 0.456. The van der Waals surface area contributed by atoms with Crippen LogP contribution in [-0.2, 0) is 0 Å². The summed E-state index contributed by atoms with van der Waals surface area (Å²) in [5.74, 6) is 2.53. The Morgan fingerprint density at radius 3 is 2.15 bits per heavy atom. The van der Waals surface area contributed by atoms with Crippen molar-refractivity contribution >= 4 is 24.4 Å². The highest BCUT2D eigenvalue weighted by molar-refractivity contribution is 7.99. The van der Waals surface area contributed by atoms with Gasteiger partial charge in [0, 0.05) is 4.75 Å². The van der Waals surface area contributed by atoms with Gasteiger partial charge < -0.3 is 0 Å². The second kappa shape index (κ2) is 6.23. The molecule has 0 amide bonds. The summed E-state index contributed by atoms with van der Waals surface area (Å²) in [6, 6.07) is 0. The van der Waals surface area contributed by atoms with Crippen LogP contribution in [0, 0.1) is 11.8 Å². The van der Waals surface area contributed by atoms with Gasteiger partial charge in [0.25, 0.3) is 0 Å². The Bertz CT molecular complexity index is 134. The third kappa shape index (κ3) is 4.64. The summed E-state index contributed by atoms with van der Waals surface area (Å²) in [4.78, 5) is 0. The van der Waals surface area contributed by atoms with Crippen molar-refractivity contribution in [3.8, 4) is 0 Å². The summed E-state index contributed by atoms with van der Waals surface area (Å²) in [7, 11) is 0. The van der Waals surface area contributed by atoms with Crippen molar-refractivity contribution in [2.24, 2.45) is 11.8 Å². The van der Waals surface area contributed by atoms with Gasteiger partial charge in [0.1, 0.15) is 0 Å². The van der Waals surface area contributed by atoms with Crippen LogP contribution in [0.3, 0.4) is 0 Å². The van der Waals surface area contributed by atoms with Gasteiger partial charge in [-0.2, -0.15) is 24.4 Å². The fourth-order valence-corrected chi connectivity index (χ4v) is 2.23. The third-order valence-electron chi connectivity index (χ3n) is 3.13. The van der Waals surface area contributed by atoms with Gasteiger partial charge in [-0.3, -0.25) is 0 Å². The van der Waals surface area contributed by atoms with Crippen molar-refractivity contribution in [1.82, 2.24) is 0 Å². The Balaban J connectivity index is 3.98. The fourth-order valence-electron chi connectivity index (χ4n) is 1.25. The molecule has 0 N–H and O–H groups in total. The Hall–Kier alpha value is 0.700. The van der Waals surface area contributed by atoms with Crippen molar-refractivity contribution in [3.05, 3.63) is 0 Å². The van der Waals surface area contributed by atoms with Gasteiger partial charge in [0.2, 0.25) is 0 Å². The standard InChI is InChI=1S/C11H24S2/c1-9(2)11(4,13-5)7-6-10(3)8-12/h9-10,12H,6-8H2,1-5H3/t10-,11?/m0/s1. The van der Waals surface area contributed by atoms with E-state index >= 15 is 0 Å². The molecule has 0 bridgehead atoms. The quantitative estimate of drug-likeness (QED) is 0.657. The minimum Gasteiger partial charge on any atom is -0.179 e. The topological polar surface area (TPSA) is 0 Å². The molecule has 0 fully saturated rings. The van der Waals surface area contributed by atoms with E-state index in [9.17, 15) is 0 Å². The van der Waals surface area contributed by atoms with Crippen LogP contribution in [0.15, 0.2) is 0 Å². The average Bonchev–Trinajstić information content (AvgIpc) is 2.13. The number of hydrogen-bond acceptors (Lipinski definition) is 2. The Morgan fingerprint density at radius 2 is 1.85 bits per heavy atom. The lowest BCUT2D eigenvalue weighted by molar-refractivity contribution is 0.400. The predicted octanol–water partition coefficient (Wildman–Crippen LogP) is 4.11. The molecule has 80 valence electrons. The van der Waals surface area contributed by atoms with Crippen molar-refractivity contribution in [2.75, 3.05) is 12.0 Å². The molecular formula is C11H24S2. The lowest BCUT2D eigenvalue weighted by Crippen LogP contribution is -2.27. The molecule has 0 spiro atoms. The van der Waals surface area contributed by atoms with Crippen molar-refractivity contribution < 1.29 is 0 Å². The van der Waals surface area contributed by atoms with Gasteiger partial charge in [-0.05, 0) is 36.7 Å². The van der Waals surface area contributed by atoms with E-state index in [4.69, 9.17) is 0 Å². The fraction of sp³-hybridized carbons (Fsp3) is 1.00. The van der Waals surface area contributed by atoms with E-state index < -0.39 is 0 Å². The highest BCUT2D eigenvalue weighted by atomic mass is 32.2. The molecule has 0 rings (SSSR count). The Kier molecular flexibility index (Phi) is 6.57. The lowest BCUT2D eigenvalue weighted by atomic mass is 9.89. The second-order valence-electron chi connectivity index (χ2n) is 4.50. The monoisotopic (exact) mass is 220 g/mol. The van der Waals surface area contributed by atoms with E-state index in [2.05, 4.69) is 46.6 Å². The molecule has 2 atom stereocenters. The summed E-state index contributed by atoms with van der Waals surface area (Å²) in [6.07, 6.45) is 4.85. The van der Waals surface area contributed by atoms with Crippen LogP contribution >= 0.6 is 24.4 Å². The molecule has 0 aromatic carbocycles. The Morgan fingerprint density at radius 1 is 1.31 bits per heavy atom. The van der Waals surface area contributed by atoms with Gasteiger partial charge in [0.15, 0.2) is 0 Å². The van der Waals surface area contributed by atoms with Crippen LogP contribution in [0.4, 0.5) is 0 Å². The van der Waals surface area contributed by atoms with Gasteiger partial charge >= 0.3 is 0 Å². The number of thiol groups is 1. The van der Waals surface area contributed by atoms with Gasteiger partial charge in [0.05, 0.1) is 0 Å². The van der Waals surface area contributed by atoms with E-state index in [1.165, 1.54) is 12.8 Å². The molecule has 0 saturated carbocycles. The van der Waals surface area contributed by atoms with Crippen LogP contribution < -0.4 is 0 Å². The zero-order valence-electron chi connectivity index (χ0n) is 9.63. The second-order valence-corrected chi connectivity index (χ2v) is 6.20. The first-order valence-corrected chi connectivity index (χ1v) is 6.98. The summed E-state index contributed by atoms with van der Waals surface area (Å²) in [5, 5.41) is 0. The zero-order valence-corrected chi connectivity index (χ0v) is 11.3. The predicted molar refractivity (Wildman–Crippen MR) is 69.0 cm³/mol. The highest BCUT2D eigenvalue weighted by Crippen LogP contribution is 2.36. The normalized spacial score (nSPS) is 18.7. The molecule has 0 nitrogen and oxygen atoms in total. The first-order valence-electron chi connectivity index (χ1n) is 5.12. The Labute approximate surface area is 93.7 Å². The molecule has 0 aliphatic carbocycles. The summed E-state index contributed by atoms with van der Waals surface area (Å²) in [6.45, 7) is 9.31. The van der Waals surface area contributed by atoms with Crippen LogP contribution in [0.5, 0.6) is 0 Å². The smallest absolute Gasteiger partial charge is 0.0152 e. The summed E-state index contributed by atoms with van der Waals surface area (Å²) >= 11 is 6.33. The lowest BCUT2D eigenvalue weighted by Gasteiger charge is -2.32. The van der Waals surface area contributed by atoms with Crippen LogP contribution in [0.25, 0.3) is 0 Å². The SMILES string of the molecule is CSC(C)(CC[C@H](C)CS)C(C)C. The maximum absolute atomic E-state index is 4.32. The molecule has 0 saturated heterocycles. The molecular weight excluding hydrogens is 196 g/mol. The van der Waals surface area contributed by atoms with Crippen molar-refractivity contribution in [3.63, 3.8) is 0 Å². The van der Waals surface area contributed by atoms with E-state index in [1.807, 2.05) is 11.8 Å². The van der Waals surface area contributed by atoms with E-state index in [0.717, 1.165) is 17.6 Å². The molecule has 0 radical (unpaired) electrons. The van der Waals surface area contributed by atoms with Gasteiger partial charge in [-0.1, -0.05) is 27.7 Å². The maximum Gasteiger partial charge on any atom is 0.0152 e. The first kappa shape index (κ1) is 13.7. The largest absolute Gasteiger partial charge is 0.179 e. The van der Waals surface area contributed by atoms with E-state index in [1.54, 1.807) is 0 Å². The number of thioether (sulfide) groups is 1. The van der Waals surface area contributed by atoms with Crippen molar-refractivity contribution in [1.29, 1.82) is 0 Å². The van der Waals surface area contributed by atoms with Crippen molar-refractivity contribution in [2.45, 2.75) is 45.3 Å². The molecule has 2 heteroatoms. The van der Waals surface area contributed by atoms with Crippen LogP contribution in [0.2, 0.25) is 0 Å². The first-order chi connectivity index (χ1) is 5.96. The molecule has 0 aliphatic heterocycles. The number of hydrogen-bond donors (Lipinski definition) is 1. The van der Waals surface area contributed by atoms with Gasteiger partial charge in [-0.25, -0.2) is 0 Å². The number of rotatable bonds is 6. The summed E-state index contributed by atoms with van der Waals surface area (Å²) in [5.41, 5.74) is 0. The zero-order chi connectivity index (χ0) is 10.5. The molecule has 13 heavy (non-hydrogen) atoms. The minimum absolute atomic E-state index is 0.456. The summed E-state index contributed by atoms with van der Waals surface area (Å²) < 4.78 is 0.456.